The molecule has 3 nitrogen and oxygen atoms in total. The first-order valence-electron chi connectivity index (χ1n) is 6.58. The normalized spacial score (nSPS) is 21.9. The van der Waals surface area contributed by atoms with Crippen LogP contribution in [-0.2, 0) is 0 Å². The van der Waals surface area contributed by atoms with E-state index in [1.807, 2.05) is 18.2 Å². The van der Waals surface area contributed by atoms with Crippen molar-refractivity contribution in [2.24, 2.45) is 5.92 Å². The summed E-state index contributed by atoms with van der Waals surface area (Å²) in [4.78, 5) is 6.83. The molecule has 1 aliphatic carbocycles. The number of hydrogen-bond acceptors (Lipinski definition) is 3. The molecule has 2 fully saturated rings. The van der Waals surface area contributed by atoms with Crippen LogP contribution >= 0.6 is 0 Å². The van der Waals surface area contributed by atoms with Gasteiger partial charge < -0.3 is 10.0 Å². The molecule has 2 aromatic rings. The molecule has 1 N–H and O–H groups in total. The average molecular weight is 240 g/mol. The summed E-state index contributed by atoms with van der Waals surface area (Å²) < 4.78 is 0. The van der Waals surface area contributed by atoms with Crippen LogP contribution in [-0.4, -0.2) is 28.8 Å². The topological polar surface area (TPSA) is 36.4 Å². The lowest BCUT2D eigenvalue weighted by atomic mass is 9.89. The van der Waals surface area contributed by atoms with Crippen LogP contribution < -0.4 is 4.90 Å². The van der Waals surface area contributed by atoms with Gasteiger partial charge in [-0.15, -0.1) is 0 Å². The minimum atomic E-state index is -0.437. The van der Waals surface area contributed by atoms with Crippen LogP contribution in [0.2, 0.25) is 0 Å². The Balaban J connectivity index is 1.60. The highest BCUT2D eigenvalue weighted by Gasteiger charge is 2.52. The van der Waals surface area contributed by atoms with Gasteiger partial charge in [-0.25, -0.2) is 4.98 Å². The molecule has 1 aromatic carbocycles. The van der Waals surface area contributed by atoms with Crippen LogP contribution in [0, 0.1) is 5.92 Å². The first-order valence-corrected chi connectivity index (χ1v) is 6.58. The summed E-state index contributed by atoms with van der Waals surface area (Å²) in [6.45, 7) is 1.48. The first-order chi connectivity index (χ1) is 8.74. The summed E-state index contributed by atoms with van der Waals surface area (Å²) in [6.07, 6.45) is 2.38. The van der Waals surface area contributed by atoms with Crippen molar-refractivity contribution < 1.29 is 5.11 Å². The Morgan fingerprint density at radius 3 is 2.67 bits per heavy atom. The molecule has 0 amide bonds. The Morgan fingerprint density at radius 1 is 1.11 bits per heavy atom. The predicted octanol–water partition coefficient (Wildman–Crippen LogP) is 2.20. The predicted molar refractivity (Wildman–Crippen MR) is 71.6 cm³/mol. The fourth-order valence-corrected chi connectivity index (χ4v) is 2.89. The number of para-hydroxylation sites is 1. The van der Waals surface area contributed by atoms with Gasteiger partial charge >= 0.3 is 0 Å². The fraction of sp³-hybridized carbons (Fsp3) is 0.400. The molecule has 1 aromatic heterocycles. The monoisotopic (exact) mass is 240 g/mol. The maximum Gasteiger partial charge on any atom is 0.129 e. The maximum atomic E-state index is 10.3. The second-order valence-corrected chi connectivity index (χ2v) is 5.60. The fourth-order valence-electron chi connectivity index (χ4n) is 2.89. The third-order valence-corrected chi connectivity index (χ3v) is 4.17. The number of β-amino-alcohol motifs (C(OH)–C–C–N with tert-alkyl or cyclic N) is 1. The average Bonchev–Trinajstić information content (AvgIpc) is 3.19. The number of aliphatic hydroxyl groups is 1. The van der Waals surface area contributed by atoms with Gasteiger partial charge in [0.1, 0.15) is 11.4 Å². The zero-order valence-electron chi connectivity index (χ0n) is 10.2. The number of fused-ring (bicyclic) bond motifs is 1. The van der Waals surface area contributed by atoms with Crippen LogP contribution in [0.3, 0.4) is 0 Å². The number of aromatic nitrogens is 1. The van der Waals surface area contributed by atoms with Crippen molar-refractivity contribution in [3.63, 3.8) is 0 Å². The van der Waals surface area contributed by atoms with Crippen LogP contribution in [0.4, 0.5) is 5.82 Å². The SMILES string of the molecule is OC1(C2CC2)CN(c2ccc3ccccc3n2)C1. The van der Waals surface area contributed by atoms with Crippen molar-refractivity contribution >= 4 is 16.7 Å². The van der Waals surface area contributed by atoms with Crippen molar-refractivity contribution in [3.8, 4) is 0 Å². The molecule has 1 saturated heterocycles. The van der Waals surface area contributed by atoms with Gasteiger partial charge in [0.25, 0.3) is 0 Å². The van der Waals surface area contributed by atoms with E-state index < -0.39 is 5.60 Å². The Labute approximate surface area is 106 Å². The maximum absolute atomic E-state index is 10.3. The number of benzene rings is 1. The van der Waals surface area contributed by atoms with Gasteiger partial charge in [-0.3, -0.25) is 0 Å². The van der Waals surface area contributed by atoms with Crippen molar-refractivity contribution in [2.45, 2.75) is 18.4 Å². The van der Waals surface area contributed by atoms with E-state index >= 15 is 0 Å². The van der Waals surface area contributed by atoms with Gasteiger partial charge in [-0.1, -0.05) is 18.2 Å². The summed E-state index contributed by atoms with van der Waals surface area (Å²) in [7, 11) is 0. The van der Waals surface area contributed by atoms with E-state index in [0.717, 1.165) is 24.4 Å². The van der Waals surface area contributed by atoms with E-state index in [9.17, 15) is 5.11 Å². The number of rotatable bonds is 2. The van der Waals surface area contributed by atoms with Crippen LogP contribution in [0.15, 0.2) is 36.4 Å². The molecule has 0 atom stereocenters. The smallest absolute Gasteiger partial charge is 0.129 e. The second kappa shape index (κ2) is 3.45. The molecule has 18 heavy (non-hydrogen) atoms. The standard InChI is InChI=1S/C15H16N2O/c18-15(12-6-7-12)9-17(10-15)14-8-5-11-3-1-2-4-13(11)16-14/h1-5,8,12,18H,6-7,9-10H2. The molecule has 1 saturated carbocycles. The lowest BCUT2D eigenvalue weighted by molar-refractivity contribution is -0.00970. The van der Waals surface area contributed by atoms with E-state index in [0.29, 0.717) is 5.92 Å². The van der Waals surface area contributed by atoms with Gasteiger partial charge in [0.05, 0.1) is 18.6 Å². The zero-order chi connectivity index (χ0) is 12.2. The summed E-state index contributed by atoms with van der Waals surface area (Å²) in [5.41, 5.74) is 0.588. The molecule has 2 aliphatic rings. The van der Waals surface area contributed by atoms with Crippen molar-refractivity contribution in [2.75, 3.05) is 18.0 Å². The third kappa shape index (κ3) is 1.51. The largest absolute Gasteiger partial charge is 0.386 e. The van der Waals surface area contributed by atoms with Crippen LogP contribution in [0.5, 0.6) is 0 Å². The van der Waals surface area contributed by atoms with Crippen molar-refractivity contribution in [1.82, 2.24) is 4.98 Å². The zero-order valence-corrected chi connectivity index (χ0v) is 10.2. The Morgan fingerprint density at radius 2 is 1.89 bits per heavy atom. The number of nitrogens with zero attached hydrogens (tertiary/aromatic N) is 2. The van der Waals surface area contributed by atoms with Gasteiger partial charge in [-0.2, -0.15) is 0 Å². The molecule has 92 valence electrons. The summed E-state index contributed by atoms with van der Waals surface area (Å²) >= 11 is 0. The lowest BCUT2D eigenvalue weighted by Crippen LogP contribution is -2.63. The molecular formula is C15H16N2O. The minimum Gasteiger partial charge on any atom is -0.386 e. The highest BCUT2D eigenvalue weighted by molar-refractivity contribution is 5.80. The summed E-state index contributed by atoms with van der Waals surface area (Å²) in [5.74, 6) is 1.52. The van der Waals surface area contributed by atoms with Crippen molar-refractivity contribution in [1.29, 1.82) is 0 Å². The number of anilines is 1. The van der Waals surface area contributed by atoms with Gasteiger partial charge in [0, 0.05) is 5.39 Å². The molecule has 3 heteroatoms. The Bertz CT molecular complexity index is 600. The van der Waals surface area contributed by atoms with Gasteiger partial charge in [-0.05, 0) is 37.0 Å². The van der Waals surface area contributed by atoms with Gasteiger partial charge in [0.15, 0.2) is 0 Å². The Hall–Kier alpha value is -1.61. The minimum absolute atomic E-state index is 0.437. The van der Waals surface area contributed by atoms with Crippen LogP contribution in [0.25, 0.3) is 10.9 Å². The first kappa shape index (κ1) is 10.3. The molecule has 0 radical (unpaired) electrons. The summed E-state index contributed by atoms with van der Waals surface area (Å²) in [6, 6.07) is 12.3. The molecule has 2 heterocycles. The second-order valence-electron chi connectivity index (χ2n) is 5.60. The highest BCUT2D eigenvalue weighted by Crippen LogP contribution is 2.45. The van der Waals surface area contributed by atoms with Crippen LogP contribution in [0.1, 0.15) is 12.8 Å². The van der Waals surface area contributed by atoms with Gasteiger partial charge in [0.2, 0.25) is 0 Å². The molecule has 0 bridgehead atoms. The number of pyridine rings is 1. The van der Waals surface area contributed by atoms with E-state index in [2.05, 4.69) is 28.1 Å². The molecule has 0 unspecified atom stereocenters. The van der Waals surface area contributed by atoms with E-state index in [1.54, 1.807) is 0 Å². The Kier molecular flexibility index (Phi) is 1.98. The van der Waals surface area contributed by atoms with E-state index in [4.69, 9.17) is 0 Å². The van der Waals surface area contributed by atoms with E-state index in [-0.39, 0.29) is 0 Å². The quantitative estimate of drug-likeness (QED) is 0.874. The highest BCUT2D eigenvalue weighted by atomic mass is 16.3. The molecule has 0 spiro atoms. The summed E-state index contributed by atoms with van der Waals surface area (Å²) in [5, 5.41) is 11.5. The lowest BCUT2D eigenvalue weighted by Gasteiger charge is -2.47. The molecule has 1 aliphatic heterocycles. The molecular weight excluding hydrogens is 224 g/mol. The number of hydrogen-bond donors (Lipinski definition) is 1. The van der Waals surface area contributed by atoms with E-state index in [1.165, 1.54) is 18.2 Å². The van der Waals surface area contributed by atoms with Crippen molar-refractivity contribution in [3.05, 3.63) is 36.4 Å². The molecule has 4 rings (SSSR count). The third-order valence-electron chi connectivity index (χ3n) is 4.17.